The summed E-state index contributed by atoms with van der Waals surface area (Å²) >= 11 is 0. The molecule has 1 N–H and O–H groups in total. The summed E-state index contributed by atoms with van der Waals surface area (Å²) < 4.78 is 62.7. The molecule has 1 rings (SSSR count). The van der Waals surface area contributed by atoms with Crippen LogP contribution in [0.3, 0.4) is 0 Å². The number of benzene rings is 1. The Labute approximate surface area is 93.4 Å². The highest BCUT2D eigenvalue weighted by molar-refractivity contribution is 5.48. The van der Waals surface area contributed by atoms with E-state index >= 15 is 0 Å². The van der Waals surface area contributed by atoms with Crippen LogP contribution in [0, 0.1) is 0 Å². The summed E-state index contributed by atoms with van der Waals surface area (Å²) in [6.07, 6.45) is -4.47. The van der Waals surface area contributed by atoms with E-state index in [1.54, 1.807) is 0 Å². The maximum absolute atomic E-state index is 13.1. The number of alkyl halides is 5. The summed E-state index contributed by atoms with van der Waals surface area (Å²) in [5.74, 6) is -4.95. The van der Waals surface area contributed by atoms with Gasteiger partial charge < -0.3 is 5.32 Å². The van der Waals surface area contributed by atoms with E-state index in [4.69, 9.17) is 0 Å². The third kappa shape index (κ3) is 2.72. The SMILES string of the molecule is O=[C]NCc1ccccc1C(F)(F)C(F)(F)F. The minimum absolute atomic E-state index is 0.307. The lowest BCUT2D eigenvalue weighted by Gasteiger charge is -2.22. The first-order chi connectivity index (χ1) is 7.80. The highest BCUT2D eigenvalue weighted by atomic mass is 19.4. The summed E-state index contributed by atoms with van der Waals surface area (Å²) in [6.45, 7) is -0.439. The molecule has 0 unspecified atom stereocenters. The fourth-order valence-corrected chi connectivity index (χ4v) is 1.26. The van der Waals surface area contributed by atoms with Crippen molar-refractivity contribution in [2.75, 3.05) is 0 Å². The van der Waals surface area contributed by atoms with Crippen LogP contribution in [0.15, 0.2) is 24.3 Å². The van der Waals surface area contributed by atoms with E-state index in [-0.39, 0.29) is 5.56 Å². The lowest BCUT2D eigenvalue weighted by molar-refractivity contribution is -0.289. The number of amides is 1. The number of hydrogen-bond donors (Lipinski definition) is 1. The number of rotatable bonds is 4. The summed E-state index contributed by atoms with van der Waals surface area (Å²) in [6, 6.07) is 4.13. The summed E-state index contributed by atoms with van der Waals surface area (Å²) in [5.41, 5.74) is -1.48. The Kier molecular flexibility index (Phi) is 3.69. The molecule has 0 atom stereocenters. The fourth-order valence-electron chi connectivity index (χ4n) is 1.26. The van der Waals surface area contributed by atoms with E-state index < -0.39 is 24.2 Å². The number of hydrogen-bond acceptors (Lipinski definition) is 1. The largest absolute Gasteiger partial charge is 0.458 e. The van der Waals surface area contributed by atoms with E-state index in [0.717, 1.165) is 12.1 Å². The van der Waals surface area contributed by atoms with Crippen molar-refractivity contribution in [3.8, 4) is 0 Å². The van der Waals surface area contributed by atoms with Gasteiger partial charge in [0, 0.05) is 12.1 Å². The third-order valence-corrected chi connectivity index (χ3v) is 2.06. The van der Waals surface area contributed by atoms with Gasteiger partial charge in [-0.1, -0.05) is 24.3 Å². The van der Waals surface area contributed by atoms with Gasteiger partial charge in [0.1, 0.15) is 0 Å². The fraction of sp³-hybridized carbons (Fsp3) is 0.300. The highest BCUT2D eigenvalue weighted by Crippen LogP contribution is 2.44. The maximum Gasteiger partial charge on any atom is 0.458 e. The van der Waals surface area contributed by atoms with E-state index in [1.807, 2.05) is 5.32 Å². The lowest BCUT2D eigenvalue weighted by atomic mass is 10.0. The zero-order valence-electron chi connectivity index (χ0n) is 8.31. The molecular formula is C10H7F5NO. The third-order valence-electron chi connectivity index (χ3n) is 2.06. The second-order valence-corrected chi connectivity index (χ2v) is 3.18. The van der Waals surface area contributed by atoms with Crippen LogP contribution in [0.25, 0.3) is 0 Å². The zero-order valence-corrected chi connectivity index (χ0v) is 8.31. The average Bonchev–Trinajstić information content (AvgIpc) is 2.25. The molecule has 0 aliphatic heterocycles. The Morgan fingerprint density at radius 3 is 2.24 bits per heavy atom. The maximum atomic E-state index is 13.1. The van der Waals surface area contributed by atoms with Crippen LogP contribution in [0.1, 0.15) is 11.1 Å². The standard InChI is InChI=1S/C10H7F5NO/c11-9(12,10(13,14)15)8-4-2-1-3-7(8)5-16-6-17/h1-4H,5H2,(H,16,17). The molecule has 7 heteroatoms. The van der Waals surface area contributed by atoms with Crippen LogP contribution in [0.4, 0.5) is 22.0 Å². The Morgan fingerprint density at radius 1 is 1.12 bits per heavy atom. The molecule has 0 aliphatic rings. The molecule has 1 radical (unpaired) electrons. The van der Waals surface area contributed by atoms with Gasteiger partial charge in [-0.05, 0) is 5.56 Å². The van der Waals surface area contributed by atoms with Crippen molar-refractivity contribution in [3.05, 3.63) is 35.4 Å². The quantitative estimate of drug-likeness (QED) is 0.647. The molecule has 93 valence electrons. The number of carbonyl (C=O) groups excluding carboxylic acids is 1. The van der Waals surface area contributed by atoms with Crippen LogP contribution in [-0.2, 0) is 17.3 Å². The van der Waals surface area contributed by atoms with Crippen LogP contribution in [0.2, 0.25) is 0 Å². The first-order valence-corrected chi connectivity index (χ1v) is 4.43. The van der Waals surface area contributed by atoms with E-state index in [2.05, 4.69) is 0 Å². The molecule has 0 aromatic heterocycles. The Hall–Kier alpha value is -1.66. The molecule has 17 heavy (non-hydrogen) atoms. The predicted molar refractivity (Wildman–Crippen MR) is 48.9 cm³/mol. The van der Waals surface area contributed by atoms with Crippen LogP contribution < -0.4 is 5.32 Å². The molecular weight excluding hydrogens is 245 g/mol. The van der Waals surface area contributed by atoms with Gasteiger partial charge >= 0.3 is 18.5 Å². The van der Waals surface area contributed by atoms with Gasteiger partial charge in [0.2, 0.25) is 0 Å². The Bertz CT molecular complexity index is 402. The van der Waals surface area contributed by atoms with Gasteiger partial charge in [-0.15, -0.1) is 0 Å². The van der Waals surface area contributed by atoms with Crippen LogP contribution >= 0.6 is 0 Å². The molecule has 0 saturated heterocycles. The monoisotopic (exact) mass is 252 g/mol. The highest BCUT2D eigenvalue weighted by Gasteiger charge is 2.59. The van der Waals surface area contributed by atoms with Gasteiger partial charge in [-0.3, -0.25) is 4.79 Å². The minimum atomic E-state index is -5.67. The molecule has 0 fully saturated rings. The lowest BCUT2D eigenvalue weighted by Crippen LogP contribution is -2.35. The first kappa shape index (κ1) is 13.4. The summed E-state index contributed by atoms with van der Waals surface area (Å²) in [4.78, 5) is 9.89. The van der Waals surface area contributed by atoms with Crippen molar-refractivity contribution in [1.29, 1.82) is 0 Å². The van der Waals surface area contributed by atoms with Gasteiger partial charge in [0.05, 0.1) is 0 Å². The topological polar surface area (TPSA) is 29.1 Å². The van der Waals surface area contributed by atoms with Crippen molar-refractivity contribution < 1.29 is 26.7 Å². The summed E-state index contributed by atoms with van der Waals surface area (Å²) in [5, 5.41) is 1.92. The first-order valence-electron chi connectivity index (χ1n) is 4.43. The smallest absolute Gasteiger partial charge is 0.344 e. The van der Waals surface area contributed by atoms with E-state index in [1.165, 1.54) is 12.5 Å². The molecule has 1 aromatic carbocycles. The molecule has 0 heterocycles. The van der Waals surface area contributed by atoms with Gasteiger partial charge in [0.25, 0.3) is 0 Å². The Morgan fingerprint density at radius 2 is 1.71 bits per heavy atom. The van der Waals surface area contributed by atoms with Crippen LogP contribution in [-0.4, -0.2) is 12.6 Å². The molecule has 0 saturated carbocycles. The molecule has 0 spiro atoms. The van der Waals surface area contributed by atoms with Crippen molar-refractivity contribution in [1.82, 2.24) is 5.32 Å². The predicted octanol–water partition coefficient (Wildman–Crippen LogP) is 2.50. The number of nitrogens with one attached hydrogen (secondary N) is 1. The normalized spacial score (nSPS) is 12.3. The second-order valence-electron chi connectivity index (χ2n) is 3.18. The zero-order chi connectivity index (χ0) is 13.1. The summed E-state index contributed by atoms with van der Waals surface area (Å²) in [7, 11) is 0. The van der Waals surface area contributed by atoms with E-state index in [0.29, 0.717) is 6.07 Å². The van der Waals surface area contributed by atoms with Gasteiger partial charge in [-0.25, -0.2) is 0 Å². The molecule has 0 aliphatic carbocycles. The molecule has 1 aromatic rings. The molecule has 2 nitrogen and oxygen atoms in total. The van der Waals surface area contributed by atoms with Crippen molar-refractivity contribution in [2.45, 2.75) is 18.6 Å². The van der Waals surface area contributed by atoms with Crippen molar-refractivity contribution in [3.63, 3.8) is 0 Å². The average molecular weight is 252 g/mol. The van der Waals surface area contributed by atoms with Gasteiger partial charge in [0.15, 0.2) is 0 Å². The van der Waals surface area contributed by atoms with Crippen molar-refractivity contribution in [2.24, 2.45) is 0 Å². The number of halogens is 5. The van der Waals surface area contributed by atoms with Gasteiger partial charge in [-0.2, -0.15) is 22.0 Å². The second kappa shape index (κ2) is 4.68. The molecule has 1 amide bonds. The van der Waals surface area contributed by atoms with Crippen molar-refractivity contribution >= 4 is 6.41 Å². The molecule has 0 bridgehead atoms. The Balaban J connectivity index is 3.16. The van der Waals surface area contributed by atoms with E-state index in [9.17, 15) is 26.7 Å². The minimum Gasteiger partial charge on any atom is -0.344 e. The van der Waals surface area contributed by atoms with Crippen LogP contribution in [0.5, 0.6) is 0 Å².